The Kier molecular flexibility index (Phi) is 5.57. The second-order valence-corrected chi connectivity index (χ2v) is 5.54. The molecule has 4 nitrogen and oxygen atoms in total. The number of nitrogens with one attached hydrogen (secondary N) is 1. The third-order valence-corrected chi connectivity index (χ3v) is 4.17. The minimum atomic E-state index is -0.469. The van der Waals surface area contributed by atoms with Crippen molar-refractivity contribution in [1.29, 1.82) is 0 Å². The van der Waals surface area contributed by atoms with Crippen LogP contribution in [0.5, 0.6) is 0 Å². The van der Waals surface area contributed by atoms with Gasteiger partial charge in [0, 0.05) is 32.0 Å². The van der Waals surface area contributed by atoms with Crippen molar-refractivity contribution in [3.8, 4) is 0 Å². The molecule has 1 aromatic rings. The molecule has 0 heterocycles. The minimum absolute atomic E-state index is 0.0126. The van der Waals surface area contributed by atoms with Crippen LogP contribution in [0, 0.1) is 12.3 Å². The van der Waals surface area contributed by atoms with Crippen LogP contribution in [0.4, 0.5) is 11.4 Å². The van der Waals surface area contributed by atoms with E-state index < -0.39 is 5.41 Å². The second-order valence-electron chi connectivity index (χ2n) is 5.54. The number of amides is 1. The molecule has 0 aliphatic rings. The van der Waals surface area contributed by atoms with Gasteiger partial charge in [0.25, 0.3) is 0 Å². The third-order valence-electron chi connectivity index (χ3n) is 4.17. The molecule has 0 saturated carbocycles. The van der Waals surface area contributed by atoms with E-state index in [0.29, 0.717) is 6.54 Å². The number of carbonyl (C=O) groups is 1. The summed E-state index contributed by atoms with van der Waals surface area (Å²) in [4.78, 5) is 14.5. The normalized spacial score (nSPS) is 11.3. The summed E-state index contributed by atoms with van der Waals surface area (Å²) < 4.78 is 0. The molecule has 4 heteroatoms. The lowest BCUT2D eigenvalue weighted by Crippen LogP contribution is -2.41. The largest absolute Gasteiger partial charge is 0.377 e. The molecule has 0 aromatic heterocycles. The third kappa shape index (κ3) is 3.31. The first-order valence-corrected chi connectivity index (χ1v) is 7.19. The monoisotopic (exact) mass is 277 g/mol. The number of nitrogens with two attached hydrogens (primary N) is 1. The van der Waals surface area contributed by atoms with Gasteiger partial charge in [-0.05, 0) is 37.5 Å². The zero-order valence-electron chi connectivity index (χ0n) is 13.3. The first kappa shape index (κ1) is 16.5. The van der Waals surface area contributed by atoms with Crippen LogP contribution >= 0.6 is 0 Å². The van der Waals surface area contributed by atoms with Gasteiger partial charge in [-0.25, -0.2) is 0 Å². The zero-order chi connectivity index (χ0) is 15.3. The van der Waals surface area contributed by atoms with E-state index in [9.17, 15) is 4.79 Å². The van der Waals surface area contributed by atoms with E-state index in [1.165, 1.54) is 5.56 Å². The summed E-state index contributed by atoms with van der Waals surface area (Å²) in [5.41, 5.74) is 8.46. The maximum absolute atomic E-state index is 12.5. The van der Waals surface area contributed by atoms with Crippen LogP contribution in [0.25, 0.3) is 0 Å². The van der Waals surface area contributed by atoms with Gasteiger partial charge in [0.2, 0.25) is 5.91 Å². The van der Waals surface area contributed by atoms with Crippen molar-refractivity contribution < 1.29 is 4.79 Å². The molecule has 1 rings (SSSR count). The lowest BCUT2D eigenvalue weighted by molar-refractivity contribution is -0.125. The smallest absolute Gasteiger partial charge is 0.231 e. The van der Waals surface area contributed by atoms with E-state index in [0.717, 1.165) is 24.2 Å². The van der Waals surface area contributed by atoms with Crippen molar-refractivity contribution in [2.45, 2.75) is 33.6 Å². The van der Waals surface area contributed by atoms with Crippen molar-refractivity contribution in [2.24, 2.45) is 11.1 Å². The van der Waals surface area contributed by atoms with Crippen LogP contribution in [-0.2, 0) is 4.79 Å². The summed E-state index contributed by atoms with van der Waals surface area (Å²) in [6, 6.07) is 5.96. The number of benzene rings is 1. The van der Waals surface area contributed by atoms with Crippen LogP contribution < -0.4 is 16.0 Å². The van der Waals surface area contributed by atoms with Crippen LogP contribution in [0.2, 0.25) is 0 Å². The second kappa shape index (κ2) is 6.75. The van der Waals surface area contributed by atoms with Crippen LogP contribution in [0.15, 0.2) is 18.2 Å². The number of rotatable bonds is 6. The molecule has 0 spiro atoms. The molecule has 0 unspecified atom stereocenters. The Balaban J connectivity index is 2.99. The van der Waals surface area contributed by atoms with Crippen LogP contribution in [-0.4, -0.2) is 26.5 Å². The van der Waals surface area contributed by atoms with Crippen LogP contribution in [0.3, 0.4) is 0 Å². The van der Waals surface area contributed by atoms with Gasteiger partial charge in [-0.2, -0.15) is 0 Å². The molecular formula is C16H27N3O. The first-order chi connectivity index (χ1) is 9.40. The van der Waals surface area contributed by atoms with Gasteiger partial charge in [0.15, 0.2) is 0 Å². The summed E-state index contributed by atoms with van der Waals surface area (Å²) in [5.74, 6) is 0.0126. The Morgan fingerprint density at radius 3 is 2.35 bits per heavy atom. The Morgan fingerprint density at radius 1 is 1.30 bits per heavy atom. The molecule has 0 atom stereocenters. The lowest BCUT2D eigenvalue weighted by Gasteiger charge is -2.28. The van der Waals surface area contributed by atoms with Gasteiger partial charge in [-0.1, -0.05) is 19.9 Å². The number of nitrogens with zero attached hydrogens (tertiary/aromatic N) is 1. The summed E-state index contributed by atoms with van der Waals surface area (Å²) in [6.07, 6.45) is 1.50. The molecule has 1 aromatic carbocycles. The Bertz CT molecular complexity index is 457. The molecule has 0 bridgehead atoms. The molecule has 1 amide bonds. The van der Waals surface area contributed by atoms with Crippen molar-refractivity contribution in [3.63, 3.8) is 0 Å². The first-order valence-electron chi connectivity index (χ1n) is 7.19. The molecule has 3 N–H and O–H groups in total. The maximum atomic E-state index is 12.5. The molecular weight excluding hydrogens is 250 g/mol. The predicted octanol–water partition coefficient (Wildman–Crippen LogP) is 2.76. The number of aryl methyl sites for hydroxylation is 1. The summed E-state index contributed by atoms with van der Waals surface area (Å²) in [7, 11) is 3.99. The van der Waals surface area contributed by atoms with E-state index >= 15 is 0 Å². The van der Waals surface area contributed by atoms with Crippen molar-refractivity contribution in [1.82, 2.24) is 0 Å². The van der Waals surface area contributed by atoms with Crippen LogP contribution in [0.1, 0.15) is 32.3 Å². The SMILES string of the molecule is CCC(CC)(CN)C(=O)Nc1ccc(C)c(N(C)C)c1. The van der Waals surface area contributed by atoms with Crippen molar-refractivity contribution in [2.75, 3.05) is 30.9 Å². The zero-order valence-corrected chi connectivity index (χ0v) is 13.3. The molecule has 0 saturated heterocycles. The number of anilines is 2. The molecule has 20 heavy (non-hydrogen) atoms. The van der Waals surface area contributed by atoms with Gasteiger partial charge in [-0.3, -0.25) is 4.79 Å². The van der Waals surface area contributed by atoms with E-state index in [2.05, 4.69) is 12.2 Å². The number of hydrogen-bond donors (Lipinski definition) is 2. The highest BCUT2D eigenvalue weighted by Crippen LogP contribution is 2.28. The summed E-state index contributed by atoms with van der Waals surface area (Å²) >= 11 is 0. The van der Waals surface area contributed by atoms with Gasteiger partial charge in [-0.15, -0.1) is 0 Å². The fraction of sp³-hybridized carbons (Fsp3) is 0.562. The van der Waals surface area contributed by atoms with E-state index in [1.54, 1.807) is 0 Å². The molecule has 0 radical (unpaired) electrons. The fourth-order valence-corrected chi connectivity index (χ4v) is 2.39. The van der Waals surface area contributed by atoms with E-state index in [4.69, 9.17) is 5.73 Å². The standard InChI is InChI=1S/C16H27N3O/c1-6-16(7-2,11-17)15(20)18-13-9-8-12(3)14(10-13)19(4)5/h8-10H,6-7,11,17H2,1-5H3,(H,18,20). The minimum Gasteiger partial charge on any atom is -0.377 e. The van der Waals surface area contributed by atoms with Gasteiger partial charge in [0.05, 0.1) is 5.41 Å². The molecule has 0 aliphatic heterocycles. The highest BCUT2D eigenvalue weighted by molar-refractivity contribution is 5.96. The fourth-order valence-electron chi connectivity index (χ4n) is 2.39. The van der Waals surface area contributed by atoms with Gasteiger partial charge < -0.3 is 16.0 Å². The Morgan fingerprint density at radius 2 is 1.90 bits per heavy atom. The average molecular weight is 277 g/mol. The Labute approximate surface area is 122 Å². The highest BCUT2D eigenvalue weighted by Gasteiger charge is 2.33. The van der Waals surface area contributed by atoms with Gasteiger partial charge >= 0.3 is 0 Å². The van der Waals surface area contributed by atoms with E-state index in [-0.39, 0.29) is 5.91 Å². The quantitative estimate of drug-likeness (QED) is 0.840. The highest BCUT2D eigenvalue weighted by atomic mass is 16.2. The number of hydrogen-bond acceptors (Lipinski definition) is 3. The average Bonchev–Trinajstić information content (AvgIpc) is 2.43. The molecule has 0 aliphatic carbocycles. The Hall–Kier alpha value is -1.55. The summed E-state index contributed by atoms with van der Waals surface area (Å²) in [6.45, 7) is 6.45. The van der Waals surface area contributed by atoms with Crippen molar-refractivity contribution >= 4 is 17.3 Å². The predicted molar refractivity (Wildman–Crippen MR) is 86.2 cm³/mol. The maximum Gasteiger partial charge on any atom is 0.231 e. The summed E-state index contributed by atoms with van der Waals surface area (Å²) in [5, 5.41) is 3.01. The lowest BCUT2D eigenvalue weighted by atomic mass is 9.81. The van der Waals surface area contributed by atoms with Gasteiger partial charge in [0.1, 0.15) is 0 Å². The van der Waals surface area contributed by atoms with Crippen molar-refractivity contribution in [3.05, 3.63) is 23.8 Å². The topological polar surface area (TPSA) is 58.4 Å². The number of carbonyl (C=O) groups excluding carboxylic acids is 1. The molecule has 112 valence electrons. The molecule has 0 fully saturated rings. The van der Waals surface area contributed by atoms with E-state index in [1.807, 2.05) is 51.0 Å².